The molecular weight excluding hydrogens is 376 g/mol. The van der Waals surface area contributed by atoms with Gasteiger partial charge in [0.05, 0.1) is 11.9 Å². The summed E-state index contributed by atoms with van der Waals surface area (Å²) in [6.45, 7) is 6.13. The van der Waals surface area contributed by atoms with Crippen LogP contribution in [-0.2, 0) is 5.54 Å². The number of rotatable bonds is 8. The Kier molecular flexibility index (Phi) is 6.37. The molecule has 0 amide bonds. The molecule has 3 rings (SSSR count). The normalized spacial score (nSPS) is 13.8. The van der Waals surface area contributed by atoms with Crippen LogP contribution in [0.25, 0.3) is 16.3 Å². The molecule has 6 N–H and O–H groups in total. The second-order valence-electron chi connectivity index (χ2n) is 7.54. The molecule has 3 aromatic rings. The molecule has 1 atom stereocenters. The lowest BCUT2D eigenvalue weighted by Crippen LogP contribution is -2.32. The third kappa shape index (κ3) is 4.60. The van der Waals surface area contributed by atoms with E-state index in [1.54, 1.807) is 12.4 Å². The summed E-state index contributed by atoms with van der Waals surface area (Å²) in [5.74, 6) is 1.71. The molecule has 3 heterocycles. The fraction of sp³-hybridized carbons (Fsp3) is 0.318. The Labute approximate surface area is 176 Å². The number of nitrogens with one attached hydrogen (secondary N) is 2. The molecule has 0 aliphatic carbocycles. The molecule has 30 heavy (non-hydrogen) atoms. The Morgan fingerprint density at radius 1 is 1.23 bits per heavy atom. The van der Waals surface area contributed by atoms with Gasteiger partial charge in [-0.15, -0.1) is 0 Å². The first-order valence-electron chi connectivity index (χ1n) is 10.0. The minimum atomic E-state index is -0.421. The summed E-state index contributed by atoms with van der Waals surface area (Å²) in [5.41, 5.74) is 21.9. The Morgan fingerprint density at radius 2 is 2.00 bits per heavy atom. The van der Waals surface area contributed by atoms with Crippen molar-refractivity contribution < 1.29 is 0 Å². The molecule has 0 bridgehead atoms. The number of pyridine rings is 3. The lowest BCUT2D eigenvalue weighted by Gasteiger charge is -2.23. The summed E-state index contributed by atoms with van der Waals surface area (Å²) in [6.07, 6.45) is 7.46. The van der Waals surface area contributed by atoms with Crippen molar-refractivity contribution in [3.8, 4) is 0 Å². The first-order valence-corrected chi connectivity index (χ1v) is 10.0. The van der Waals surface area contributed by atoms with Crippen LogP contribution in [0.1, 0.15) is 51.3 Å². The van der Waals surface area contributed by atoms with Crippen LogP contribution in [0, 0.1) is 5.53 Å². The number of aromatic nitrogens is 3. The quantitative estimate of drug-likeness (QED) is 0.385. The van der Waals surface area contributed by atoms with Crippen LogP contribution >= 0.6 is 0 Å². The molecule has 8 heteroatoms. The van der Waals surface area contributed by atoms with Crippen molar-refractivity contribution in [2.75, 3.05) is 11.1 Å². The van der Waals surface area contributed by atoms with Crippen molar-refractivity contribution in [3.05, 3.63) is 54.1 Å². The van der Waals surface area contributed by atoms with Crippen LogP contribution in [-0.4, -0.2) is 15.0 Å². The fourth-order valence-electron chi connectivity index (χ4n) is 3.20. The zero-order valence-electron chi connectivity index (χ0n) is 17.6. The molecule has 0 saturated heterocycles. The summed E-state index contributed by atoms with van der Waals surface area (Å²) >= 11 is 0. The second kappa shape index (κ2) is 8.96. The molecule has 0 aliphatic rings. The van der Waals surface area contributed by atoms with E-state index in [9.17, 15) is 0 Å². The van der Waals surface area contributed by atoms with E-state index in [1.807, 2.05) is 31.2 Å². The first-order chi connectivity index (χ1) is 14.4. The zero-order chi connectivity index (χ0) is 21.7. The molecular formula is C22H28N8. The van der Waals surface area contributed by atoms with E-state index in [2.05, 4.69) is 39.2 Å². The highest BCUT2D eigenvalue weighted by Crippen LogP contribution is 2.28. The number of hydrogen-bond donors (Lipinski definition) is 4. The van der Waals surface area contributed by atoms with Gasteiger partial charge in [-0.2, -0.15) is 5.11 Å². The van der Waals surface area contributed by atoms with Crippen LogP contribution in [0.5, 0.6) is 0 Å². The van der Waals surface area contributed by atoms with E-state index < -0.39 is 5.54 Å². The monoisotopic (exact) mass is 404 g/mol. The van der Waals surface area contributed by atoms with Gasteiger partial charge in [0.15, 0.2) is 0 Å². The average Bonchev–Trinajstić information content (AvgIpc) is 2.73. The molecule has 0 fully saturated rings. The SMILES string of the molecule is CCC/C(=C\N=N)c1cc2cc(Nc3cc([C@](C)(N)CC)ccn3)ncc2c(N)n1. The molecule has 0 radical (unpaired) electrons. The van der Waals surface area contributed by atoms with E-state index in [1.165, 1.54) is 6.20 Å². The van der Waals surface area contributed by atoms with Crippen LogP contribution in [0.4, 0.5) is 17.5 Å². The van der Waals surface area contributed by atoms with Crippen molar-refractivity contribution in [3.63, 3.8) is 0 Å². The molecule has 156 valence electrons. The molecule has 0 saturated carbocycles. The van der Waals surface area contributed by atoms with Gasteiger partial charge in [0.2, 0.25) is 0 Å². The fourth-order valence-corrected chi connectivity index (χ4v) is 3.20. The van der Waals surface area contributed by atoms with Crippen LogP contribution in [0.2, 0.25) is 0 Å². The standard InChI is InChI=1S/C22H28N8/c1-4-6-14(12-28-25)18-9-15-10-19(27-13-17(15)21(23)29-18)30-20-11-16(7-8-26-20)22(3,24)5-2/h7-13,25H,4-6,24H2,1-3H3,(H2,23,29)(H,26,27,30)/b14-12+,28-25?/t22-/m1/s1. The Balaban J connectivity index is 1.98. The van der Waals surface area contributed by atoms with Crippen LogP contribution < -0.4 is 16.8 Å². The Morgan fingerprint density at radius 3 is 2.70 bits per heavy atom. The number of nitrogens with zero attached hydrogens (tertiary/aromatic N) is 4. The maximum Gasteiger partial charge on any atom is 0.133 e. The second-order valence-corrected chi connectivity index (χ2v) is 7.54. The maximum absolute atomic E-state index is 7.17. The number of nitrogen functional groups attached to an aromatic ring is 1. The highest BCUT2D eigenvalue weighted by Gasteiger charge is 2.19. The number of fused-ring (bicyclic) bond motifs is 1. The third-order valence-corrected chi connectivity index (χ3v) is 5.22. The number of allylic oxidation sites excluding steroid dienone is 1. The predicted octanol–water partition coefficient (Wildman–Crippen LogP) is 5.11. The summed E-state index contributed by atoms with van der Waals surface area (Å²) in [5, 5.41) is 8.33. The largest absolute Gasteiger partial charge is 0.383 e. The van der Waals surface area contributed by atoms with Gasteiger partial charge in [-0.1, -0.05) is 20.3 Å². The minimum absolute atomic E-state index is 0.399. The topological polar surface area (TPSA) is 139 Å². The first kappa shape index (κ1) is 21.3. The van der Waals surface area contributed by atoms with Gasteiger partial charge in [0.25, 0.3) is 0 Å². The number of nitrogens with two attached hydrogens (primary N) is 2. The molecule has 0 spiro atoms. The van der Waals surface area contributed by atoms with Crippen molar-refractivity contribution in [1.29, 1.82) is 5.53 Å². The highest BCUT2D eigenvalue weighted by molar-refractivity contribution is 5.94. The van der Waals surface area contributed by atoms with E-state index in [0.29, 0.717) is 17.5 Å². The summed E-state index contributed by atoms with van der Waals surface area (Å²) in [7, 11) is 0. The molecule has 0 aromatic carbocycles. The predicted molar refractivity (Wildman–Crippen MR) is 121 cm³/mol. The number of hydrogen-bond acceptors (Lipinski definition) is 8. The van der Waals surface area contributed by atoms with Crippen molar-refractivity contribution >= 4 is 33.8 Å². The zero-order valence-corrected chi connectivity index (χ0v) is 17.6. The van der Waals surface area contributed by atoms with Crippen molar-refractivity contribution in [2.45, 2.75) is 45.6 Å². The molecule has 8 nitrogen and oxygen atoms in total. The molecule has 0 aliphatic heterocycles. The minimum Gasteiger partial charge on any atom is -0.383 e. The maximum atomic E-state index is 7.17. The van der Waals surface area contributed by atoms with E-state index in [4.69, 9.17) is 17.0 Å². The number of anilines is 3. The molecule has 3 aromatic heterocycles. The van der Waals surface area contributed by atoms with Crippen molar-refractivity contribution in [2.24, 2.45) is 10.8 Å². The Hall–Kier alpha value is -3.39. The van der Waals surface area contributed by atoms with Crippen LogP contribution in [0.15, 0.2) is 48.0 Å². The van der Waals surface area contributed by atoms with E-state index in [0.717, 1.165) is 46.9 Å². The average molecular weight is 405 g/mol. The lowest BCUT2D eigenvalue weighted by molar-refractivity contribution is 0.476. The summed E-state index contributed by atoms with van der Waals surface area (Å²) < 4.78 is 0. The van der Waals surface area contributed by atoms with Gasteiger partial charge in [0.1, 0.15) is 17.5 Å². The van der Waals surface area contributed by atoms with Gasteiger partial charge in [-0.3, -0.25) is 0 Å². The van der Waals surface area contributed by atoms with Gasteiger partial charge in [-0.25, -0.2) is 20.5 Å². The van der Waals surface area contributed by atoms with Gasteiger partial charge >= 0.3 is 0 Å². The van der Waals surface area contributed by atoms with Crippen LogP contribution in [0.3, 0.4) is 0 Å². The van der Waals surface area contributed by atoms with Crippen molar-refractivity contribution in [1.82, 2.24) is 15.0 Å². The molecule has 0 unspecified atom stereocenters. The smallest absolute Gasteiger partial charge is 0.133 e. The van der Waals surface area contributed by atoms with E-state index in [-0.39, 0.29) is 0 Å². The third-order valence-electron chi connectivity index (χ3n) is 5.22. The van der Waals surface area contributed by atoms with Gasteiger partial charge in [0, 0.05) is 23.3 Å². The summed E-state index contributed by atoms with van der Waals surface area (Å²) in [4.78, 5) is 13.3. The van der Waals surface area contributed by atoms with E-state index >= 15 is 0 Å². The Bertz CT molecular complexity index is 1090. The summed E-state index contributed by atoms with van der Waals surface area (Å²) in [6, 6.07) is 7.73. The lowest BCUT2D eigenvalue weighted by atomic mass is 9.91. The van der Waals surface area contributed by atoms with Gasteiger partial charge in [-0.05, 0) is 60.6 Å². The van der Waals surface area contributed by atoms with Gasteiger partial charge < -0.3 is 16.8 Å². The highest BCUT2D eigenvalue weighted by atomic mass is 15.0.